The first-order chi connectivity index (χ1) is 18.3. The Hall–Kier alpha value is -3.55. The fraction of sp³-hybridized carbons (Fsp3) is 0.300. The van der Waals surface area contributed by atoms with Crippen molar-refractivity contribution in [3.8, 4) is 11.4 Å². The molecule has 0 fully saturated rings. The lowest BCUT2D eigenvalue weighted by atomic mass is 9.99. The van der Waals surface area contributed by atoms with Gasteiger partial charge in [0, 0.05) is 17.1 Å². The Morgan fingerprint density at radius 3 is 2.45 bits per heavy atom. The fourth-order valence-electron chi connectivity index (χ4n) is 4.52. The van der Waals surface area contributed by atoms with Crippen LogP contribution in [-0.2, 0) is 6.54 Å². The maximum absolute atomic E-state index is 14.9. The molecule has 0 aliphatic heterocycles. The van der Waals surface area contributed by atoms with Crippen LogP contribution in [0.2, 0.25) is 5.02 Å². The van der Waals surface area contributed by atoms with Crippen LogP contribution < -0.4 is 5.73 Å². The Labute approximate surface area is 228 Å². The number of hydrogen-bond acceptors (Lipinski definition) is 4. The van der Waals surface area contributed by atoms with Crippen LogP contribution in [0.1, 0.15) is 53.6 Å². The Morgan fingerprint density at radius 2 is 1.79 bits per heavy atom. The summed E-state index contributed by atoms with van der Waals surface area (Å²) < 4.78 is 16.6. The lowest BCUT2D eigenvalue weighted by Crippen LogP contribution is -2.40. The number of rotatable bonds is 10. The van der Waals surface area contributed by atoms with Gasteiger partial charge >= 0.3 is 0 Å². The van der Waals surface area contributed by atoms with E-state index in [9.17, 15) is 9.18 Å². The smallest absolute Gasteiger partial charge is 0.254 e. The minimum Gasteiger partial charge on any atom is -0.330 e. The molecule has 0 radical (unpaired) electrons. The Morgan fingerprint density at radius 1 is 1.08 bits per heavy atom. The van der Waals surface area contributed by atoms with E-state index in [1.54, 1.807) is 4.68 Å². The van der Waals surface area contributed by atoms with Gasteiger partial charge in [0.25, 0.3) is 5.91 Å². The molecule has 4 aromatic rings. The molecule has 3 aromatic carbocycles. The number of halogens is 2. The third-order valence-electron chi connectivity index (χ3n) is 6.44. The van der Waals surface area contributed by atoms with E-state index in [-0.39, 0.29) is 23.2 Å². The molecular formula is C30H33ClFN5O. The van der Waals surface area contributed by atoms with E-state index in [0.29, 0.717) is 42.5 Å². The van der Waals surface area contributed by atoms with E-state index in [1.165, 1.54) is 18.2 Å². The number of hydrogen-bond donors (Lipinski definition) is 1. The molecule has 8 heteroatoms. The second-order valence-corrected chi connectivity index (χ2v) is 10.2. The van der Waals surface area contributed by atoms with Gasteiger partial charge in [0.05, 0.1) is 18.2 Å². The summed E-state index contributed by atoms with van der Waals surface area (Å²) in [4.78, 5) is 20.5. The number of aryl methyl sites for hydroxylation is 1. The molecule has 1 heterocycles. The highest BCUT2D eigenvalue weighted by Gasteiger charge is 2.33. The van der Waals surface area contributed by atoms with Crippen molar-refractivity contribution >= 4 is 17.5 Å². The van der Waals surface area contributed by atoms with Gasteiger partial charge in [0.15, 0.2) is 11.6 Å². The maximum Gasteiger partial charge on any atom is 0.254 e. The van der Waals surface area contributed by atoms with Crippen LogP contribution in [0.3, 0.4) is 0 Å². The highest BCUT2D eigenvalue weighted by atomic mass is 35.5. The Bertz CT molecular complexity index is 1370. The van der Waals surface area contributed by atoms with E-state index < -0.39 is 11.9 Å². The molecule has 1 aromatic heterocycles. The molecule has 38 heavy (non-hydrogen) atoms. The molecule has 198 valence electrons. The van der Waals surface area contributed by atoms with Crippen LogP contribution >= 0.6 is 11.6 Å². The molecule has 1 atom stereocenters. The number of aromatic nitrogens is 3. The van der Waals surface area contributed by atoms with Gasteiger partial charge in [-0.2, -0.15) is 5.10 Å². The summed E-state index contributed by atoms with van der Waals surface area (Å²) in [5.74, 6) is 0.216. The lowest BCUT2D eigenvalue weighted by molar-refractivity contribution is 0.0603. The predicted molar refractivity (Wildman–Crippen MR) is 149 cm³/mol. The molecule has 0 aliphatic rings. The zero-order valence-corrected chi connectivity index (χ0v) is 22.7. The van der Waals surface area contributed by atoms with Crippen LogP contribution in [0, 0.1) is 18.7 Å². The molecule has 0 aliphatic carbocycles. The van der Waals surface area contributed by atoms with Gasteiger partial charge in [-0.1, -0.05) is 73.5 Å². The van der Waals surface area contributed by atoms with E-state index in [0.717, 1.165) is 11.1 Å². The van der Waals surface area contributed by atoms with Crippen molar-refractivity contribution in [1.82, 2.24) is 19.7 Å². The van der Waals surface area contributed by atoms with Crippen LogP contribution in [0.4, 0.5) is 4.39 Å². The van der Waals surface area contributed by atoms with Crippen molar-refractivity contribution in [2.75, 3.05) is 13.1 Å². The minimum absolute atomic E-state index is 0.0158. The van der Waals surface area contributed by atoms with Crippen molar-refractivity contribution in [1.29, 1.82) is 0 Å². The highest BCUT2D eigenvalue weighted by Crippen LogP contribution is 2.32. The number of nitrogens with zero attached hydrogens (tertiary/aromatic N) is 4. The average Bonchev–Trinajstić information content (AvgIpc) is 3.30. The van der Waals surface area contributed by atoms with E-state index >= 15 is 0 Å². The SMILES string of the molecule is Cc1ccc(C(=O)N(CCCN)[C@@H](c2nc(-c3cc(Cl)ccc3F)nn2Cc2ccccc2)C(C)C)cc1. The molecule has 0 unspecified atom stereocenters. The van der Waals surface area contributed by atoms with Crippen molar-refractivity contribution in [3.63, 3.8) is 0 Å². The zero-order valence-electron chi connectivity index (χ0n) is 21.9. The zero-order chi connectivity index (χ0) is 27.2. The maximum atomic E-state index is 14.9. The lowest BCUT2D eigenvalue weighted by Gasteiger charge is -2.34. The number of benzene rings is 3. The van der Waals surface area contributed by atoms with Gasteiger partial charge < -0.3 is 10.6 Å². The first kappa shape index (κ1) is 27.5. The second kappa shape index (κ2) is 12.3. The topological polar surface area (TPSA) is 77.0 Å². The average molecular weight is 534 g/mol. The van der Waals surface area contributed by atoms with Crippen molar-refractivity contribution < 1.29 is 9.18 Å². The molecule has 4 rings (SSSR count). The largest absolute Gasteiger partial charge is 0.330 e. The molecule has 0 saturated carbocycles. The van der Waals surface area contributed by atoms with Gasteiger partial charge in [-0.05, 0) is 61.7 Å². The van der Waals surface area contributed by atoms with Crippen LogP contribution in [0.25, 0.3) is 11.4 Å². The van der Waals surface area contributed by atoms with Crippen molar-refractivity contribution in [2.45, 2.75) is 39.8 Å². The Kier molecular flexibility index (Phi) is 8.92. The van der Waals surface area contributed by atoms with E-state index in [4.69, 9.17) is 27.4 Å². The van der Waals surface area contributed by atoms with Gasteiger partial charge in [-0.3, -0.25) is 4.79 Å². The summed E-state index contributed by atoms with van der Waals surface area (Å²) in [5, 5.41) is 5.12. The molecule has 0 bridgehead atoms. The highest BCUT2D eigenvalue weighted by molar-refractivity contribution is 6.30. The monoisotopic (exact) mass is 533 g/mol. The Balaban J connectivity index is 1.85. The van der Waals surface area contributed by atoms with Crippen molar-refractivity contribution in [3.05, 3.63) is 106 Å². The minimum atomic E-state index is -0.463. The summed E-state index contributed by atoms with van der Waals surface area (Å²) in [5.41, 5.74) is 8.76. The summed E-state index contributed by atoms with van der Waals surface area (Å²) in [6, 6.07) is 21.3. The number of amides is 1. The third kappa shape index (κ3) is 6.29. The van der Waals surface area contributed by atoms with Gasteiger partial charge in [-0.25, -0.2) is 14.1 Å². The molecule has 2 N–H and O–H groups in total. The van der Waals surface area contributed by atoms with Crippen LogP contribution in [0.15, 0.2) is 72.8 Å². The predicted octanol–water partition coefficient (Wildman–Crippen LogP) is 6.28. The molecule has 0 spiro atoms. The van der Waals surface area contributed by atoms with E-state index in [1.807, 2.05) is 80.3 Å². The quantitative estimate of drug-likeness (QED) is 0.260. The molecule has 1 amide bonds. The number of nitrogens with two attached hydrogens (primary N) is 1. The van der Waals surface area contributed by atoms with Gasteiger partial charge in [0.2, 0.25) is 0 Å². The molecule has 0 saturated heterocycles. The van der Waals surface area contributed by atoms with Crippen molar-refractivity contribution in [2.24, 2.45) is 11.7 Å². The summed E-state index contributed by atoms with van der Waals surface area (Å²) in [6.07, 6.45) is 0.628. The summed E-state index contributed by atoms with van der Waals surface area (Å²) >= 11 is 6.19. The normalized spacial score (nSPS) is 12.1. The third-order valence-corrected chi connectivity index (χ3v) is 6.67. The van der Waals surface area contributed by atoms with Crippen LogP contribution in [0.5, 0.6) is 0 Å². The van der Waals surface area contributed by atoms with Gasteiger partial charge in [0.1, 0.15) is 5.82 Å². The number of carbonyl (C=O) groups excluding carboxylic acids is 1. The first-order valence-corrected chi connectivity index (χ1v) is 13.2. The number of carbonyl (C=O) groups is 1. The fourth-order valence-corrected chi connectivity index (χ4v) is 4.69. The molecule has 6 nitrogen and oxygen atoms in total. The standard InChI is InChI=1S/C30H33ClFN5O/c1-20(2)27(36(17-7-16-33)30(38)23-12-10-21(3)11-13-23)29-34-28(25-18-24(31)14-15-26(25)32)35-37(29)19-22-8-5-4-6-9-22/h4-6,8-15,18,20,27H,7,16-17,19,33H2,1-3H3/t27-/m1/s1. The summed E-state index contributed by atoms with van der Waals surface area (Å²) in [6.45, 7) is 7.38. The van der Waals surface area contributed by atoms with Crippen LogP contribution in [-0.4, -0.2) is 38.7 Å². The molecular weight excluding hydrogens is 501 g/mol. The second-order valence-electron chi connectivity index (χ2n) is 9.76. The summed E-state index contributed by atoms with van der Waals surface area (Å²) in [7, 11) is 0. The first-order valence-electron chi connectivity index (χ1n) is 12.8. The van der Waals surface area contributed by atoms with E-state index in [2.05, 4.69) is 0 Å². The van der Waals surface area contributed by atoms with Gasteiger partial charge in [-0.15, -0.1) is 0 Å².